The molecule has 136 valence electrons. The molecule has 0 saturated heterocycles. The van der Waals surface area contributed by atoms with Gasteiger partial charge in [-0.1, -0.05) is 18.2 Å². The van der Waals surface area contributed by atoms with Crippen LogP contribution in [0.5, 0.6) is 0 Å². The molecular weight excluding hydrogens is 348 g/mol. The third-order valence-electron chi connectivity index (χ3n) is 4.48. The number of carbonyl (C=O) groups excluding carboxylic acids is 1. The minimum atomic E-state index is -0.469. The van der Waals surface area contributed by atoms with Gasteiger partial charge < -0.3 is 4.90 Å². The van der Waals surface area contributed by atoms with Gasteiger partial charge in [0.2, 0.25) is 5.82 Å². The summed E-state index contributed by atoms with van der Waals surface area (Å²) in [5.41, 5.74) is 2.69. The van der Waals surface area contributed by atoms with Crippen LogP contribution < -0.4 is 4.90 Å². The highest BCUT2D eigenvalue weighted by molar-refractivity contribution is 5.94. The molecule has 1 aliphatic heterocycles. The number of para-hydroxylation sites is 1. The SMILES string of the molecule is O=C(Cn1nnc(-c2ccc([N+](=O)[O-])cc2)n1)N1CCCc2ccccc21. The molecule has 2 aromatic carbocycles. The Kier molecular flexibility index (Phi) is 4.33. The van der Waals surface area contributed by atoms with Gasteiger partial charge >= 0.3 is 0 Å². The molecule has 1 aromatic heterocycles. The average Bonchev–Trinajstić information content (AvgIpc) is 3.16. The zero-order chi connectivity index (χ0) is 18.8. The number of aryl methyl sites for hydroxylation is 1. The van der Waals surface area contributed by atoms with E-state index in [9.17, 15) is 14.9 Å². The minimum Gasteiger partial charge on any atom is -0.310 e. The Morgan fingerprint density at radius 2 is 1.93 bits per heavy atom. The lowest BCUT2D eigenvalue weighted by Gasteiger charge is -2.29. The molecule has 0 fully saturated rings. The first-order chi connectivity index (χ1) is 13.1. The molecule has 0 spiro atoms. The lowest BCUT2D eigenvalue weighted by Crippen LogP contribution is -2.38. The molecule has 0 aliphatic carbocycles. The molecule has 0 N–H and O–H groups in total. The van der Waals surface area contributed by atoms with Crippen molar-refractivity contribution in [2.45, 2.75) is 19.4 Å². The molecule has 3 aromatic rings. The van der Waals surface area contributed by atoms with Gasteiger partial charge in [0.05, 0.1) is 4.92 Å². The third-order valence-corrected chi connectivity index (χ3v) is 4.48. The molecule has 9 heteroatoms. The van der Waals surface area contributed by atoms with Gasteiger partial charge in [-0.15, -0.1) is 10.2 Å². The smallest absolute Gasteiger partial charge is 0.269 e. The Bertz CT molecular complexity index is 998. The van der Waals surface area contributed by atoms with Crippen LogP contribution in [0.2, 0.25) is 0 Å². The highest BCUT2D eigenvalue weighted by atomic mass is 16.6. The van der Waals surface area contributed by atoms with Crippen LogP contribution in [-0.4, -0.2) is 37.6 Å². The number of nitro benzene ring substituents is 1. The van der Waals surface area contributed by atoms with Crippen molar-refractivity contribution in [2.24, 2.45) is 0 Å². The number of hydrogen-bond donors (Lipinski definition) is 0. The molecule has 27 heavy (non-hydrogen) atoms. The van der Waals surface area contributed by atoms with E-state index < -0.39 is 4.92 Å². The van der Waals surface area contributed by atoms with Crippen molar-refractivity contribution in [3.63, 3.8) is 0 Å². The molecule has 0 unspecified atom stereocenters. The molecule has 1 aliphatic rings. The first-order valence-corrected chi connectivity index (χ1v) is 8.53. The summed E-state index contributed by atoms with van der Waals surface area (Å²) in [5.74, 6) is 0.214. The Morgan fingerprint density at radius 1 is 1.15 bits per heavy atom. The van der Waals surface area contributed by atoms with Crippen molar-refractivity contribution in [2.75, 3.05) is 11.4 Å². The van der Waals surface area contributed by atoms with Crippen molar-refractivity contribution in [1.29, 1.82) is 0 Å². The fourth-order valence-electron chi connectivity index (χ4n) is 3.16. The summed E-state index contributed by atoms with van der Waals surface area (Å²) in [6.45, 7) is 0.647. The summed E-state index contributed by atoms with van der Waals surface area (Å²) < 4.78 is 0. The summed E-state index contributed by atoms with van der Waals surface area (Å²) in [5, 5.41) is 22.8. The highest BCUT2D eigenvalue weighted by Gasteiger charge is 2.23. The van der Waals surface area contributed by atoms with E-state index in [1.54, 1.807) is 17.0 Å². The minimum absolute atomic E-state index is 0.00918. The van der Waals surface area contributed by atoms with Gasteiger partial charge in [-0.25, -0.2) is 0 Å². The average molecular weight is 364 g/mol. The van der Waals surface area contributed by atoms with E-state index >= 15 is 0 Å². The Balaban J connectivity index is 1.50. The maximum absolute atomic E-state index is 12.7. The normalized spacial score (nSPS) is 13.3. The number of amides is 1. The Labute approximate surface area is 154 Å². The van der Waals surface area contributed by atoms with Crippen molar-refractivity contribution in [1.82, 2.24) is 20.2 Å². The van der Waals surface area contributed by atoms with Gasteiger partial charge in [0.15, 0.2) is 0 Å². The number of tetrazole rings is 1. The number of carbonyl (C=O) groups is 1. The standard InChI is InChI=1S/C18H16N6O3/c25-17(22-11-3-5-13-4-1-2-6-16(13)22)12-23-20-18(19-21-23)14-7-9-15(10-8-14)24(26)27/h1-2,4,6-10H,3,5,11-12H2. The summed E-state index contributed by atoms with van der Waals surface area (Å²) >= 11 is 0. The van der Waals surface area contributed by atoms with E-state index in [1.165, 1.54) is 16.9 Å². The van der Waals surface area contributed by atoms with Crippen LogP contribution in [0.1, 0.15) is 12.0 Å². The lowest BCUT2D eigenvalue weighted by atomic mass is 10.0. The molecule has 0 radical (unpaired) electrons. The van der Waals surface area contributed by atoms with E-state index in [0.717, 1.165) is 24.1 Å². The van der Waals surface area contributed by atoms with Crippen molar-refractivity contribution >= 4 is 17.3 Å². The van der Waals surface area contributed by atoms with Gasteiger partial charge in [-0.2, -0.15) is 4.80 Å². The van der Waals surface area contributed by atoms with Crippen molar-refractivity contribution in [3.8, 4) is 11.4 Å². The number of rotatable bonds is 4. The highest BCUT2D eigenvalue weighted by Crippen LogP contribution is 2.27. The van der Waals surface area contributed by atoms with Crippen LogP contribution in [0.15, 0.2) is 48.5 Å². The monoisotopic (exact) mass is 364 g/mol. The van der Waals surface area contributed by atoms with Crippen molar-refractivity contribution < 1.29 is 9.72 Å². The summed E-state index contributed by atoms with van der Waals surface area (Å²) in [7, 11) is 0. The van der Waals surface area contributed by atoms with Crippen LogP contribution in [0.3, 0.4) is 0 Å². The molecule has 0 bridgehead atoms. The zero-order valence-electron chi connectivity index (χ0n) is 14.4. The van der Waals surface area contributed by atoms with Crippen LogP contribution in [-0.2, 0) is 17.8 Å². The maximum atomic E-state index is 12.7. The number of non-ortho nitro benzene ring substituents is 1. The number of nitro groups is 1. The second-order valence-corrected chi connectivity index (χ2v) is 6.23. The second-order valence-electron chi connectivity index (χ2n) is 6.23. The van der Waals surface area contributed by atoms with E-state index in [4.69, 9.17) is 0 Å². The van der Waals surface area contributed by atoms with Gasteiger partial charge in [0.25, 0.3) is 11.6 Å². The number of anilines is 1. The first kappa shape index (κ1) is 16.8. The summed E-state index contributed by atoms with van der Waals surface area (Å²) in [6, 6.07) is 13.8. The van der Waals surface area contributed by atoms with Gasteiger partial charge in [0, 0.05) is 29.9 Å². The van der Waals surface area contributed by atoms with Crippen LogP contribution in [0.25, 0.3) is 11.4 Å². The molecule has 0 atom stereocenters. The van der Waals surface area contributed by atoms with Crippen LogP contribution in [0.4, 0.5) is 11.4 Å². The fourth-order valence-corrected chi connectivity index (χ4v) is 3.16. The molecule has 0 saturated carbocycles. The molecule has 1 amide bonds. The molecule has 9 nitrogen and oxygen atoms in total. The quantitative estimate of drug-likeness (QED) is 0.519. The molecule has 2 heterocycles. The van der Waals surface area contributed by atoms with Gasteiger partial charge in [-0.05, 0) is 41.8 Å². The number of benzene rings is 2. The Morgan fingerprint density at radius 3 is 2.70 bits per heavy atom. The summed E-state index contributed by atoms with van der Waals surface area (Å²) in [4.78, 5) is 26.0. The van der Waals surface area contributed by atoms with E-state index in [-0.39, 0.29) is 18.1 Å². The molecular formula is C18H16N6O3. The van der Waals surface area contributed by atoms with Crippen LogP contribution >= 0.6 is 0 Å². The predicted molar refractivity (Wildman–Crippen MR) is 97.0 cm³/mol. The number of fused-ring (bicyclic) bond motifs is 1. The van der Waals surface area contributed by atoms with E-state index in [0.29, 0.717) is 17.9 Å². The summed E-state index contributed by atoms with van der Waals surface area (Å²) in [6.07, 6.45) is 1.88. The maximum Gasteiger partial charge on any atom is 0.269 e. The van der Waals surface area contributed by atoms with Gasteiger partial charge in [-0.3, -0.25) is 14.9 Å². The first-order valence-electron chi connectivity index (χ1n) is 8.53. The van der Waals surface area contributed by atoms with Crippen LogP contribution in [0, 0.1) is 10.1 Å². The Hall–Kier alpha value is -3.62. The van der Waals surface area contributed by atoms with Crippen molar-refractivity contribution in [3.05, 3.63) is 64.2 Å². The van der Waals surface area contributed by atoms with E-state index in [2.05, 4.69) is 15.4 Å². The predicted octanol–water partition coefficient (Wildman–Crippen LogP) is 2.23. The second kappa shape index (κ2) is 6.94. The van der Waals surface area contributed by atoms with E-state index in [1.807, 2.05) is 24.3 Å². The fraction of sp³-hybridized carbons (Fsp3) is 0.222. The number of nitrogens with zero attached hydrogens (tertiary/aromatic N) is 6. The number of hydrogen-bond acceptors (Lipinski definition) is 6. The third kappa shape index (κ3) is 3.39. The van der Waals surface area contributed by atoms with Gasteiger partial charge in [0.1, 0.15) is 6.54 Å². The molecule has 4 rings (SSSR count). The topological polar surface area (TPSA) is 107 Å². The largest absolute Gasteiger partial charge is 0.310 e. The number of aromatic nitrogens is 4. The zero-order valence-corrected chi connectivity index (χ0v) is 14.4. The lowest BCUT2D eigenvalue weighted by molar-refractivity contribution is -0.384.